The maximum absolute atomic E-state index is 13.8. The van der Waals surface area contributed by atoms with Crippen molar-refractivity contribution in [1.29, 1.82) is 5.26 Å². The average Bonchev–Trinajstić information content (AvgIpc) is 2.63. The lowest BCUT2D eigenvalue weighted by molar-refractivity contribution is -0.384. The lowest BCUT2D eigenvalue weighted by atomic mass is 10.1. The molecule has 10 heteroatoms. The van der Waals surface area contributed by atoms with Gasteiger partial charge in [0.05, 0.1) is 15.1 Å². The third-order valence-corrected chi connectivity index (χ3v) is 3.91. The second kappa shape index (κ2) is 8.88. The first-order valence-electron chi connectivity index (χ1n) is 7.56. The molecule has 0 spiro atoms. The highest BCUT2D eigenvalue weighted by Gasteiger charge is 2.16. The number of carbonyl (C=O) groups excluding carboxylic acids is 2. The topological polar surface area (TPSA) is 122 Å². The standard InChI is InChI=1S/C18H11BrFN3O5/c1-10(24)28-17-5-2-11(7-14(17)19)6-12(9-21)18(25)22-16-8-13(23(26)27)3-4-15(16)20/h2-8H,1H3,(H,22,25)/b12-6+. The van der Waals surface area contributed by atoms with Gasteiger partial charge in [-0.2, -0.15) is 5.26 Å². The summed E-state index contributed by atoms with van der Waals surface area (Å²) in [5.41, 5.74) is -0.775. The molecule has 2 aromatic rings. The minimum Gasteiger partial charge on any atom is -0.426 e. The Kier molecular flexibility index (Phi) is 6.57. The number of amides is 1. The van der Waals surface area contributed by atoms with Crippen LogP contribution in [0.5, 0.6) is 5.75 Å². The highest BCUT2D eigenvalue weighted by molar-refractivity contribution is 9.10. The van der Waals surface area contributed by atoms with E-state index in [0.29, 0.717) is 10.0 Å². The third-order valence-electron chi connectivity index (χ3n) is 3.29. The minimum atomic E-state index is -0.943. The van der Waals surface area contributed by atoms with Crippen molar-refractivity contribution in [3.05, 3.63) is 67.9 Å². The number of esters is 1. The largest absolute Gasteiger partial charge is 0.426 e. The van der Waals surface area contributed by atoms with E-state index >= 15 is 0 Å². The van der Waals surface area contributed by atoms with Crippen LogP contribution in [0.2, 0.25) is 0 Å². The lowest BCUT2D eigenvalue weighted by Crippen LogP contribution is -2.14. The van der Waals surface area contributed by atoms with Crippen LogP contribution in [-0.4, -0.2) is 16.8 Å². The summed E-state index contributed by atoms with van der Waals surface area (Å²) in [5.74, 6) is -2.09. The van der Waals surface area contributed by atoms with Gasteiger partial charge in [-0.25, -0.2) is 4.39 Å². The van der Waals surface area contributed by atoms with E-state index in [0.717, 1.165) is 18.2 Å². The molecule has 28 heavy (non-hydrogen) atoms. The summed E-state index contributed by atoms with van der Waals surface area (Å²) < 4.78 is 19.2. The van der Waals surface area contributed by atoms with Gasteiger partial charge in [-0.1, -0.05) is 6.07 Å². The first kappa shape index (κ1) is 20.7. The maximum Gasteiger partial charge on any atom is 0.308 e. The SMILES string of the molecule is CC(=O)Oc1ccc(/C=C(\C#N)C(=O)Nc2cc([N+](=O)[O-])ccc2F)cc1Br. The molecular weight excluding hydrogens is 437 g/mol. The van der Waals surface area contributed by atoms with Crippen LogP contribution < -0.4 is 10.1 Å². The molecule has 0 radical (unpaired) electrons. The number of carbonyl (C=O) groups is 2. The van der Waals surface area contributed by atoms with Gasteiger partial charge >= 0.3 is 5.97 Å². The monoisotopic (exact) mass is 447 g/mol. The first-order valence-corrected chi connectivity index (χ1v) is 8.35. The quantitative estimate of drug-likeness (QED) is 0.185. The molecule has 0 bridgehead atoms. The van der Waals surface area contributed by atoms with Crippen LogP contribution in [0.15, 0.2) is 46.4 Å². The van der Waals surface area contributed by atoms with E-state index in [1.54, 1.807) is 6.07 Å². The summed E-state index contributed by atoms with van der Waals surface area (Å²) >= 11 is 3.21. The van der Waals surface area contributed by atoms with Gasteiger partial charge in [0.25, 0.3) is 11.6 Å². The normalized spacial score (nSPS) is 10.7. The van der Waals surface area contributed by atoms with Gasteiger partial charge in [0.2, 0.25) is 0 Å². The Labute approximate surface area is 166 Å². The first-order chi connectivity index (χ1) is 13.2. The lowest BCUT2D eigenvalue weighted by Gasteiger charge is -2.07. The number of nitrogens with zero attached hydrogens (tertiary/aromatic N) is 2. The van der Waals surface area contributed by atoms with Gasteiger partial charge in [0.15, 0.2) is 0 Å². The molecule has 0 heterocycles. The van der Waals surface area contributed by atoms with E-state index in [1.165, 1.54) is 31.2 Å². The molecular formula is C18H11BrFN3O5. The fourth-order valence-electron chi connectivity index (χ4n) is 2.07. The van der Waals surface area contributed by atoms with Gasteiger partial charge in [-0.15, -0.1) is 0 Å². The molecule has 0 aromatic heterocycles. The molecule has 0 atom stereocenters. The van der Waals surface area contributed by atoms with E-state index in [-0.39, 0.29) is 11.3 Å². The maximum atomic E-state index is 13.8. The number of anilines is 1. The zero-order valence-electron chi connectivity index (χ0n) is 14.2. The Morgan fingerprint density at radius 1 is 1.32 bits per heavy atom. The third kappa shape index (κ3) is 5.21. The molecule has 0 aliphatic carbocycles. The number of hydrogen-bond acceptors (Lipinski definition) is 6. The predicted octanol–water partition coefficient (Wildman–Crippen LogP) is 3.97. The van der Waals surface area contributed by atoms with Crippen LogP contribution in [0.3, 0.4) is 0 Å². The van der Waals surface area contributed by atoms with Crippen LogP contribution in [0, 0.1) is 27.3 Å². The zero-order valence-corrected chi connectivity index (χ0v) is 15.8. The number of nitrogens with one attached hydrogen (secondary N) is 1. The molecule has 1 amide bonds. The van der Waals surface area contributed by atoms with Crippen LogP contribution in [0.25, 0.3) is 6.08 Å². The van der Waals surface area contributed by atoms with Crippen molar-refractivity contribution >= 4 is 45.3 Å². The predicted molar refractivity (Wildman–Crippen MR) is 101 cm³/mol. The van der Waals surface area contributed by atoms with E-state index < -0.39 is 34.0 Å². The van der Waals surface area contributed by atoms with Crippen molar-refractivity contribution in [2.45, 2.75) is 6.92 Å². The Bertz CT molecular complexity index is 1050. The average molecular weight is 448 g/mol. The molecule has 0 saturated heterocycles. The number of rotatable bonds is 5. The van der Waals surface area contributed by atoms with Crippen LogP contribution >= 0.6 is 15.9 Å². The number of ether oxygens (including phenoxy) is 1. The fraction of sp³-hybridized carbons (Fsp3) is 0.0556. The number of nitro benzene ring substituents is 1. The van der Waals surface area contributed by atoms with Gasteiger partial charge < -0.3 is 10.1 Å². The summed E-state index contributed by atoms with van der Waals surface area (Å²) in [6, 6.07) is 8.81. The number of hydrogen-bond donors (Lipinski definition) is 1. The van der Waals surface area contributed by atoms with Crippen LogP contribution in [-0.2, 0) is 9.59 Å². The van der Waals surface area contributed by atoms with Crippen LogP contribution in [0.4, 0.5) is 15.8 Å². The Morgan fingerprint density at radius 3 is 2.61 bits per heavy atom. The fourth-order valence-corrected chi connectivity index (χ4v) is 2.55. The summed E-state index contributed by atoms with van der Waals surface area (Å²) in [6.07, 6.45) is 1.23. The van der Waals surface area contributed by atoms with Crippen molar-refractivity contribution in [2.75, 3.05) is 5.32 Å². The number of non-ortho nitro benzene ring substituents is 1. The number of nitriles is 1. The van der Waals surface area contributed by atoms with Crippen molar-refractivity contribution in [2.24, 2.45) is 0 Å². The molecule has 8 nitrogen and oxygen atoms in total. The van der Waals surface area contributed by atoms with Gasteiger partial charge in [-0.3, -0.25) is 19.7 Å². The van der Waals surface area contributed by atoms with Gasteiger partial charge in [-0.05, 0) is 45.8 Å². The molecule has 1 N–H and O–H groups in total. The van der Waals surface area contributed by atoms with E-state index in [9.17, 15) is 29.4 Å². The highest BCUT2D eigenvalue weighted by Crippen LogP contribution is 2.27. The van der Waals surface area contributed by atoms with E-state index in [2.05, 4.69) is 21.2 Å². The van der Waals surface area contributed by atoms with E-state index in [4.69, 9.17) is 4.74 Å². The summed E-state index contributed by atoms with van der Waals surface area (Å²) in [5, 5.41) is 22.1. The smallest absolute Gasteiger partial charge is 0.308 e. The Morgan fingerprint density at radius 2 is 2.04 bits per heavy atom. The molecule has 0 unspecified atom stereocenters. The summed E-state index contributed by atoms with van der Waals surface area (Å²) in [6.45, 7) is 1.24. The molecule has 0 aliphatic heterocycles. The second-order valence-corrected chi connectivity index (χ2v) is 6.18. The van der Waals surface area contributed by atoms with Crippen molar-refractivity contribution < 1.29 is 23.6 Å². The molecule has 142 valence electrons. The highest BCUT2D eigenvalue weighted by atomic mass is 79.9. The van der Waals surface area contributed by atoms with Gasteiger partial charge in [0.1, 0.15) is 23.2 Å². The van der Waals surface area contributed by atoms with Crippen molar-refractivity contribution in [3.8, 4) is 11.8 Å². The number of halogens is 2. The molecule has 2 aromatic carbocycles. The molecule has 0 aliphatic rings. The molecule has 0 fully saturated rings. The molecule has 2 rings (SSSR count). The summed E-state index contributed by atoms with van der Waals surface area (Å²) in [7, 11) is 0. The van der Waals surface area contributed by atoms with Gasteiger partial charge in [0, 0.05) is 19.1 Å². The Balaban J connectivity index is 2.28. The van der Waals surface area contributed by atoms with Crippen LogP contribution in [0.1, 0.15) is 12.5 Å². The number of nitro groups is 1. The van der Waals surface area contributed by atoms with Crippen molar-refractivity contribution in [3.63, 3.8) is 0 Å². The molecule has 0 saturated carbocycles. The Hall–Kier alpha value is -3.58. The minimum absolute atomic E-state index is 0.256. The van der Waals surface area contributed by atoms with Crippen molar-refractivity contribution in [1.82, 2.24) is 0 Å². The zero-order chi connectivity index (χ0) is 20.8. The summed E-state index contributed by atoms with van der Waals surface area (Å²) in [4.78, 5) is 33.3. The number of benzene rings is 2. The van der Waals surface area contributed by atoms with E-state index in [1.807, 2.05) is 0 Å². The second-order valence-electron chi connectivity index (χ2n) is 5.33.